The van der Waals surface area contributed by atoms with E-state index in [0.717, 1.165) is 11.1 Å². The molecule has 0 saturated carbocycles. The summed E-state index contributed by atoms with van der Waals surface area (Å²) in [4.78, 5) is 38.2. The van der Waals surface area contributed by atoms with Crippen LogP contribution in [0.4, 0.5) is 14.5 Å². The molecule has 2 amide bonds. The highest BCUT2D eigenvalue weighted by atomic mass is 19.1. The Morgan fingerprint density at radius 3 is 2.20 bits per heavy atom. The Kier molecular flexibility index (Phi) is 10.4. The lowest BCUT2D eigenvalue weighted by molar-refractivity contribution is -0.212. The molecule has 12 heteroatoms. The quantitative estimate of drug-likeness (QED) is 0.185. The Bertz CT molecular complexity index is 1510. The molecule has 0 spiro atoms. The van der Waals surface area contributed by atoms with Gasteiger partial charge in [0.05, 0.1) is 37.9 Å². The third-order valence-corrected chi connectivity index (χ3v) is 8.57. The molecule has 0 aromatic heterocycles. The first kappa shape index (κ1) is 33.1. The van der Waals surface area contributed by atoms with Crippen LogP contribution in [0, 0.1) is 17.6 Å². The Labute approximate surface area is 264 Å². The van der Waals surface area contributed by atoms with Gasteiger partial charge in [0.25, 0.3) is 0 Å². The third-order valence-electron chi connectivity index (χ3n) is 8.57. The molecule has 2 fully saturated rings. The maximum atomic E-state index is 13.7. The van der Waals surface area contributed by atoms with Crippen LogP contribution in [0.1, 0.15) is 48.1 Å². The Morgan fingerprint density at radius 1 is 1.00 bits per heavy atom. The maximum Gasteiger partial charge on any atom is 0.328 e. The van der Waals surface area contributed by atoms with E-state index in [0.29, 0.717) is 36.9 Å². The number of ether oxygens (including phenoxy) is 2. The minimum absolute atomic E-state index is 0.131. The fraction of sp³-hybridized carbons (Fsp3) is 0.382. The molecular weight excluding hydrogens is 602 g/mol. The monoisotopic (exact) mass is 638 g/mol. The van der Waals surface area contributed by atoms with E-state index in [1.165, 1.54) is 36.4 Å². The number of rotatable bonds is 15. The molecule has 4 atom stereocenters. The topological polar surface area (TPSA) is 146 Å². The van der Waals surface area contributed by atoms with Crippen LogP contribution in [0.15, 0.2) is 72.8 Å². The first-order chi connectivity index (χ1) is 22.1. The molecule has 46 heavy (non-hydrogen) atoms. The Morgan fingerprint density at radius 2 is 1.63 bits per heavy atom. The molecular formula is C34H36F2N2O8. The third kappa shape index (κ3) is 7.59. The highest BCUT2D eigenvalue weighted by Crippen LogP contribution is 2.46. The number of benzene rings is 3. The minimum Gasteiger partial charge on any atom is -0.480 e. The van der Waals surface area contributed by atoms with Crippen molar-refractivity contribution in [3.63, 3.8) is 0 Å². The lowest BCUT2D eigenvalue weighted by Crippen LogP contribution is -2.55. The molecule has 1 unspecified atom stereocenters. The van der Waals surface area contributed by atoms with Gasteiger partial charge in [-0.25, -0.2) is 13.6 Å². The predicted octanol–water partition coefficient (Wildman–Crippen LogP) is 3.46. The molecule has 3 aromatic rings. The lowest BCUT2D eigenvalue weighted by Gasteiger charge is -2.48. The van der Waals surface area contributed by atoms with E-state index in [-0.39, 0.29) is 31.8 Å². The van der Waals surface area contributed by atoms with Crippen molar-refractivity contribution in [1.82, 2.24) is 5.32 Å². The number of hydrogen-bond donors (Lipinski definition) is 4. The largest absolute Gasteiger partial charge is 0.480 e. The summed E-state index contributed by atoms with van der Waals surface area (Å²) in [5, 5.41) is 31.0. The SMILES string of the molecule is O=C(COC1(CCc2ccc([C@@H]3[C@@H](CC[C@H](O)c4ccc(F)cc4)C(=O)N3c3ccc(F)cc3)cc2)COC1)NC(CO)C(=O)O. The number of nitrogens with one attached hydrogen (secondary N) is 1. The number of aliphatic hydroxyl groups excluding tert-OH is 2. The number of halogens is 2. The van der Waals surface area contributed by atoms with Gasteiger partial charge < -0.3 is 35.0 Å². The van der Waals surface area contributed by atoms with Crippen LogP contribution < -0.4 is 10.2 Å². The fourth-order valence-electron chi connectivity index (χ4n) is 5.81. The van der Waals surface area contributed by atoms with Crippen LogP contribution in [-0.2, 0) is 30.3 Å². The summed E-state index contributed by atoms with van der Waals surface area (Å²) in [5.74, 6) is -3.36. The van der Waals surface area contributed by atoms with E-state index in [2.05, 4.69) is 5.32 Å². The number of hydrogen-bond acceptors (Lipinski definition) is 7. The van der Waals surface area contributed by atoms with Gasteiger partial charge in [-0.05, 0) is 78.8 Å². The first-order valence-electron chi connectivity index (χ1n) is 15.0. The molecule has 4 N–H and O–H groups in total. The molecule has 0 bridgehead atoms. The van der Waals surface area contributed by atoms with Crippen LogP contribution in [-0.4, -0.2) is 71.2 Å². The number of nitrogens with zero attached hydrogens (tertiary/aromatic N) is 1. The van der Waals surface area contributed by atoms with E-state index in [1.54, 1.807) is 17.0 Å². The van der Waals surface area contributed by atoms with E-state index in [1.807, 2.05) is 24.3 Å². The normalized spacial score (nSPS) is 19.9. The van der Waals surface area contributed by atoms with E-state index >= 15 is 0 Å². The molecule has 2 aliphatic rings. The number of carboxylic acid groups (broad SMARTS) is 1. The first-order valence-corrected chi connectivity index (χ1v) is 15.0. The summed E-state index contributed by atoms with van der Waals surface area (Å²) in [6, 6.07) is 17.4. The zero-order valence-corrected chi connectivity index (χ0v) is 25.0. The van der Waals surface area contributed by atoms with Gasteiger partial charge >= 0.3 is 5.97 Å². The number of β-lactam (4-membered cyclic amide) rings is 1. The highest BCUT2D eigenvalue weighted by Gasteiger charge is 2.48. The highest BCUT2D eigenvalue weighted by molar-refractivity contribution is 6.03. The van der Waals surface area contributed by atoms with Gasteiger partial charge in [-0.3, -0.25) is 9.59 Å². The lowest BCUT2D eigenvalue weighted by atomic mass is 9.78. The maximum absolute atomic E-state index is 13.7. The Hall–Kier alpha value is -4.23. The van der Waals surface area contributed by atoms with Gasteiger partial charge in [-0.1, -0.05) is 36.4 Å². The second-order valence-electron chi connectivity index (χ2n) is 11.7. The molecule has 0 radical (unpaired) electrons. The standard InChI is InChI=1S/C34H36F2N2O8/c35-24-7-5-22(6-8-24)29(40)14-13-27-31(38(32(27)42)26-11-9-25(36)10-12-26)23-3-1-21(2-4-23)15-16-34(19-45-20-34)46-18-30(41)37-28(17-39)33(43)44/h1-12,27-29,31,39-40H,13-20H2,(H,37,41)(H,43,44)/t27-,28?,29+,31-/m1/s1. The van der Waals surface area contributed by atoms with Gasteiger partial charge in [-0.15, -0.1) is 0 Å². The fourth-order valence-corrected chi connectivity index (χ4v) is 5.81. The van der Waals surface area contributed by atoms with Crippen molar-refractivity contribution in [3.8, 4) is 0 Å². The number of carboxylic acids is 1. The van der Waals surface area contributed by atoms with Crippen molar-refractivity contribution in [3.05, 3.63) is 101 Å². The van der Waals surface area contributed by atoms with Crippen molar-refractivity contribution in [1.29, 1.82) is 0 Å². The summed E-state index contributed by atoms with van der Waals surface area (Å²) in [6.07, 6.45) is 0.960. The van der Waals surface area contributed by atoms with Crippen LogP contribution in [0.3, 0.4) is 0 Å². The van der Waals surface area contributed by atoms with Gasteiger partial charge in [0.2, 0.25) is 11.8 Å². The second-order valence-corrected chi connectivity index (χ2v) is 11.7. The van der Waals surface area contributed by atoms with Gasteiger partial charge in [0.15, 0.2) is 0 Å². The molecule has 2 aliphatic heterocycles. The number of amides is 2. The Balaban J connectivity index is 1.23. The average molecular weight is 639 g/mol. The van der Waals surface area contributed by atoms with Crippen molar-refractivity contribution in [2.24, 2.45) is 5.92 Å². The van der Waals surface area contributed by atoms with E-state index < -0.39 is 53.8 Å². The molecule has 3 aromatic carbocycles. The number of carbonyl (C=O) groups excluding carboxylic acids is 2. The summed E-state index contributed by atoms with van der Waals surface area (Å²) in [7, 11) is 0. The molecule has 2 heterocycles. The van der Waals surface area contributed by atoms with Crippen molar-refractivity contribution in [2.45, 2.75) is 49.5 Å². The predicted molar refractivity (Wildman–Crippen MR) is 162 cm³/mol. The summed E-state index contributed by atoms with van der Waals surface area (Å²) in [5.41, 5.74) is 2.29. The van der Waals surface area contributed by atoms with Gasteiger partial charge in [0, 0.05) is 5.69 Å². The smallest absolute Gasteiger partial charge is 0.328 e. The summed E-state index contributed by atoms with van der Waals surface area (Å²) in [6.45, 7) is -0.551. The molecule has 0 aliphatic carbocycles. The number of anilines is 1. The van der Waals surface area contributed by atoms with Crippen molar-refractivity contribution >= 4 is 23.5 Å². The zero-order valence-electron chi connectivity index (χ0n) is 25.0. The van der Waals surface area contributed by atoms with E-state index in [4.69, 9.17) is 19.7 Å². The van der Waals surface area contributed by atoms with Gasteiger partial charge in [0.1, 0.15) is 29.9 Å². The van der Waals surface area contributed by atoms with E-state index in [9.17, 15) is 28.3 Å². The number of aryl methyl sites for hydroxylation is 1. The van der Waals surface area contributed by atoms with Crippen molar-refractivity contribution in [2.75, 3.05) is 31.3 Å². The summed E-state index contributed by atoms with van der Waals surface area (Å²) >= 11 is 0. The number of carbonyl (C=O) groups is 3. The summed E-state index contributed by atoms with van der Waals surface area (Å²) < 4.78 is 38.2. The van der Waals surface area contributed by atoms with Crippen LogP contribution in [0.25, 0.3) is 0 Å². The second kappa shape index (κ2) is 14.5. The van der Waals surface area contributed by atoms with Crippen LogP contribution >= 0.6 is 0 Å². The number of aliphatic hydroxyl groups is 2. The van der Waals surface area contributed by atoms with Crippen molar-refractivity contribution < 1.29 is 48.0 Å². The van der Waals surface area contributed by atoms with Crippen LogP contribution in [0.2, 0.25) is 0 Å². The van der Waals surface area contributed by atoms with Gasteiger partial charge in [-0.2, -0.15) is 0 Å². The zero-order chi connectivity index (χ0) is 32.8. The minimum atomic E-state index is -1.41. The number of aliphatic carboxylic acids is 1. The van der Waals surface area contributed by atoms with Crippen LogP contribution in [0.5, 0.6) is 0 Å². The molecule has 5 rings (SSSR count). The molecule has 244 valence electrons. The molecule has 2 saturated heterocycles. The average Bonchev–Trinajstić information content (AvgIpc) is 3.03. The molecule has 10 nitrogen and oxygen atoms in total.